The third kappa shape index (κ3) is 6.74. The SMILES string of the molecule is CCCCCCC1CCC(C2CCC(C3CCC(C#N)(CCCC)CC3)CC2)CC1. The Kier molecular flexibility index (Phi) is 10.1. The lowest BCUT2D eigenvalue weighted by Crippen LogP contribution is -2.32. The molecule has 0 N–H and O–H groups in total. The van der Waals surface area contributed by atoms with Crippen molar-refractivity contribution in [3.8, 4) is 6.07 Å². The van der Waals surface area contributed by atoms with Gasteiger partial charge < -0.3 is 0 Å². The Morgan fingerprint density at radius 1 is 0.633 bits per heavy atom. The van der Waals surface area contributed by atoms with Crippen LogP contribution in [0, 0.1) is 46.3 Å². The van der Waals surface area contributed by atoms with Crippen LogP contribution >= 0.6 is 0 Å². The molecule has 3 saturated carbocycles. The molecule has 172 valence electrons. The minimum absolute atomic E-state index is 0.0406. The minimum Gasteiger partial charge on any atom is -0.198 e. The molecule has 30 heavy (non-hydrogen) atoms. The van der Waals surface area contributed by atoms with E-state index in [1.54, 1.807) is 12.8 Å². The maximum Gasteiger partial charge on any atom is 0.0689 e. The highest BCUT2D eigenvalue weighted by Gasteiger charge is 2.39. The first-order valence-corrected chi connectivity index (χ1v) is 14.1. The van der Waals surface area contributed by atoms with Crippen molar-refractivity contribution in [2.24, 2.45) is 35.0 Å². The summed E-state index contributed by atoms with van der Waals surface area (Å²) >= 11 is 0. The molecule has 0 aliphatic heterocycles. The fourth-order valence-electron chi connectivity index (χ4n) is 7.49. The van der Waals surface area contributed by atoms with E-state index < -0.39 is 0 Å². The first kappa shape index (κ1) is 24.1. The van der Waals surface area contributed by atoms with Gasteiger partial charge in [-0.3, -0.25) is 0 Å². The lowest BCUT2D eigenvalue weighted by Gasteiger charge is -2.43. The van der Waals surface area contributed by atoms with Gasteiger partial charge in [-0.2, -0.15) is 5.26 Å². The average molecular weight is 414 g/mol. The Hall–Kier alpha value is -0.510. The van der Waals surface area contributed by atoms with Crippen molar-refractivity contribution in [3.05, 3.63) is 0 Å². The molecule has 0 bridgehead atoms. The van der Waals surface area contributed by atoms with Gasteiger partial charge in [0.1, 0.15) is 0 Å². The molecule has 0 aromatic carbocycles. The molecule has 1 nitrogen and oxygen atoms in total. The van der Waals surface area contributed by atoms with E-state index in [4.69, 9.17) is 0 Å². The number of nitriles is 1. The van der Waals surface area contributed by atoms with E-state index >= 15 is 0 Å². The number of rotatable bonds is 10. The molecule has 0 atom stereocenters. The summed E-state index contributed by atoms with van der Waals surface area (Å²) in [5.41, 5.74) is 0.0406. The summed E-state index contributed by atoms with van der Waals surface area (Å²) in [7, 11) is 0. The predicted octanol–water partition coefficient (Wildman–Crippen LogP) is 9.46. The molecule has 0 aromatic heterocycles. The zero-order valence-electron chi connectivity index (χ0n) is 20.5. The second kappa shape index (κ2) is 12.5. The van der Waals surface area contributed by atoms with Crippen LogP contribution in [0.25, 0.3) is 0 Å². The number of unbranched alkanes of at least 4 members (excludes halogenated alkanes) is 4. The Morgan fingerprint density at radius 2 is 1.13 bits per heavy atom. The van der Waals surface area contributed by atoms with Gasteiger partial charge in [0.25, 0.3) is 0 Å². The lowest BCUT2D eigenvalue weighted by atomic mass is 9.62. The topological polar surface area (TPSA) is 23.8 Å². The molecular weight excluding hydrogens is 362 g/mol. The first-order valence-electron chi connectivity index (χ1n) is 14.1. The Morgan fingerprint density at radius 3 is 1.63 bits per heavy atom. The average Bonchev–Trinajstić information content (AvgIpc) is 2.81. The van der Waals surface area contributed by atoms with Crippen LogP contribution in [0.1, 0.15) is 142 Å². The Bertz CT molecular complexity index is 493. The van der Waals surface area contributed by atoms with Gasteiger partial charge in [-0.1, -0.05) is 71.6 Å². The van der Waals surface area contributed by atoms with E-state index in [0.717, 1.165) is 36.0 Å². The molecule has 1 heteroatoms. The minimum atomic E-state index is 0.0406. The smallest absolute Gasteiger partial charge is 0.0689 e. The highest BCUT2D eigenvalue weighted by atomic mass is 14.5. The monoisotopic (exact) mass is 413 g/mol. The molecule has 0 unspecified atom stereocenters. The van der Waals surface area contributed by atoms with Crippen molar-refractivity contribution in [1.82, 2.24) is 0 Å². The van der Waals surface area contributed by atoms with E-state index in [1.165, 1.54) is 109 Å². The third-order valence-electron chi connectivity index (χ3n) is 9.74. The maximum atomic E-state index is 9.78. The van der Waals surface area contributed by atoms with Gasteiger partial charge >= 0.3 is 0 Å². The quantitative estimate of drug-likeness (QED) is 0.327. The zero-order chi connectivity index (χ0) is 21.2. The third-order valence-corrected chi connectivity index (χ3v) is 9.74. The molecule has 0 heterocycles. The number of hydrogen-bond donors (Lipinski definition) is 0. The molecular formula is C29H51N. The number of hydrogen-bond acceptors (Lipinski definition) is 1. The van der Waals surface area contributed by atoms with Gasteiger partial charge in [0.05, 0.1) is 11.5 Å². The van der Waals surface area contributed by atoms with Gasteiger partial charge in [-0.05, 0) is 100 Å². The predicted molar refractivity (Wildman–Crippen MR) is 129 cm³/mol. The summed E-state index contributed by atoms with van der Waals surface area (Å²) in [4.78, 5) is 0. The normalized spacial score (nSPS) is 37.6. The van der Waals surface area contributed by atoms with Crippen molar-refractivity contribution in [2.75, 3.05) is 0 Å². The molecule has 0 amide bonds. The van der Waals surface area contributed by atoms with Crippen LogP contribution in [0.2, 0.25) is 0 Å². The van der Waals surface area contributed by atoms with Gasteiger partial charge in [0, 0.05) is 0 Å². The second-order valence-corrected chi connectivity index (χ2v) is 11.6. The lowest BCUT2D eigenvalue weighted by molar-refractivity contribution is 0.0898. The molecule has 3 rings (SSSR count). The van der Waals surface area contributed by atoms with E-state index in [0.29, 0.717) is 0 Å². The van der Waals surface area contributed by atoms with Gasteiger partial charge in [0.2, 0.25) is 0 Å². The summed E-state index contributed by atoms with van der Waals surface area (Å²) in [6, 6.07) is 2.75. The molecule has 3 aliphatic carbocycles. The Labute approximate surface area is 188 Å². The summed E-state index contributed by atoms with van der Waals surface area (Å²) in [5.74, 6) is 5.09. The highest BCUT2D eigenvalue weighted by Crippen LogP contribution is 2.49. The number of nitrogens with zero attached hydrogens (tertiary/aromatic N) is 1. The van der Waals surface area contributed by atoms with Crippen molar-refractivity contribution < 1.29 is 0 Å². The standard InChI is InChI=1S/C29H51N/c1-3-5-7-8-9-24-10-12-25(13-11-24)26-14-16-27(17-15-26)28-18-21-29(23-30,22-19-28)20-6-4-2/h24-28H,3-22H2,1-2H3. The summed E-state index contributed by atoms with van der Waals surface area (Å²) in [5, 5.41) is 9.78. The molecule has 0 spiro atoms. The second-order valence-electron chi connectivity index (χ2n) is 11.6. The molecule has 0 radical (unpaired) electrons. The van der Waals surface area contributed by atoms with Crippen molar-refractivity contribution in [3.63, 3.8) is 0 Å². The Balaban J connectivity index is 1.33. The zero-order valence-corrected chi connectivity index (χ0v) is 20.5. The van der Waals surface area contributed by atoms with Crippen LogP contribution in [0.4, 0.5) is 0 Å². The van der Waals surface area contributed by atoms with Gasteiger partial charge in [-0.15, -0.1) is 0 Å². The maximum absolute atomic E-state index is 9.78. The van der Waals surface area contributed by atoms with Gasteiger partial charge in [-0.25, -0.2) is 0 Å². The highest BCUT2D eigenvalue weighted by molar-refractivity contribution is 5.02. The molecule has 3 aliphatic rings. The fraction of sp³-hybridized carbons (Fsp3) is 0.966. The van der Waals surface area contributed by atoms with Crippen molar-refractivity contribution in [2.45, 2.75) is 142 Å². The van der Waals surface area contributed by atoms with Crippen LogP contribution in [0.5, 0.6) is 0 Å². The summed E-state index contributed by atoms with van der Waals surface area (Å²) in [6.45, 7) is 4.58. The van der Waals surface area contributed by atoms with E-state index in [-0.39, 0.29) is 5.41 Å². The fourth-order valence-corrected chi connectivity index (χ4v) is 7.49. The van der Waals surface area contributed by atoms with Crippen LogP contribution in [-0.2, 0) is 0 Å². The summed E-state index contributed by atoms with van der Waals surface area (Å²) in [6.07, 6.45) is 28.2. The van der Waals surface area contributed by atoms with E-state index in [2.05, 4.69) is 19.9 Å². The largest absolute Gasteiger partial charge is 0.198 e. The summed E-state index contributed by atoms with van der Waals surface area (Å²) < 4.78 is 0. The van der Waals surface area contributed by atoms with Crippen molar-refractivity contribution >= 4 is 0 Å². The van der Waals surface area contributed by atoms with Crippen LogP contribution in [0.15, 0.2) is 0 Å². The van der Waals surface area contributed by atoms with Crippen molar-refractivity contribution in [1.29, 1.82) is 5.26 Å². The molecule has 0 saturated heterocycles. The van der Waals surface area contributed by atoms with Gasteiger partial charge in [0.15, 0.2) is 0 Å². The van der Waals surface area contributed by atoms with Crippen LogP contribution in [-0.4, -0.2) is 0 Å². The molecule has 3 fully saturated rings. The molecule has 0 aromatic rings. The van der Waals surface area contributed by atoms with E-state index in [1.807, 2.05) is 0 Å². The first-order chi connectivity index (χ1) is 14.7. The van der Waals surface area contributed by atoms with E-state index in [9.17, 15) is 5.26 Å². The van der Waals surface area contributed by atoms with Crippen LogP contribution in [0.3, 0.4) is 0 Å². The van der Waals surface area contributed by atoms with Crippen LogP contribution < -0.4 is 0 Å².